The van der Waals surface area contributed by atoms with E-state index in [0.717, 1.165) is 0 Å². The minimum atomic E-state index is -3.69. The summed E-state index contributed by atoms with van der Waals surface area (Å²) < 4.78 is 33.4. The number of hydrogen-bond donors (Lipinski definition) is 0. The molecule has 21 heavy (non-hydrogen) atoms. The summed E-state index contributed by atoms with van der Waals surface area (Å²) in [4.78, 5) is 24.3. The van der Waals surface area contributed by atoms with Gasteiger partial charge in [-0.25, -0.2) is 8.42 Å². The number of esters is 2. The molecule has 1 fully saturated rings. The molecule has 122 valence electrons. The van der Waals surface area contributed by atoms with Gasteiger partial charge in [-0.3, -0.25) is 9.59 Å². The topological polar surface area (TPSA) is 86.7 Å². The van der Waals surface area contributed by atoms with E-state index < -0.39 is 38.4 Å². The van der Waals surface area contributed by atoms with E-state index in [4.69, 9.17) is 9.47 Å². The average Bonchev–Trinajstić information content (AvgIpc) is 2.79. The molecular formula is C14H24O6S. The Morgan fingerprint density at radius 3 is 2.19 bits per heavy atom. The maximum absolute atomic E-state index is 12.5. The first-order chi connectivity index (χ1) is 9.76. The fraction of sp³-hybridized carbons (Fsp3) is 0.857. The van der Waals surface area contributed by atoms with Crippen LogP contribution in [0.5, 0.6) is 0 Å². The molecule has 7 heteroatoms. The summed E-state index contributed by atoms with van der Waals surface area (Å²) in [6.45, 7) is 6.85. The molecule has 0 unspecified atom stereocenters. The van der Waals surface area contributed by atoms with Crippen LogP contribution in [0.15, 0.2) is 0 Å². The molecule has 0 amide bonds. The Bertz CT molecular complexity index is 498. The molecule has 6 nitrogen and oxygen atoms in total. The van der Waals surface area contributed by atoms with Crippen molar-refractivity contribution >= 4 is 21.8 Å². The second kappa shape index (κ2) is 6.77. The van der Waals surface area contributed by atoms with Gasteiger partial charge in [0, 0.05) is 5.75 Å². The van der Waals surface area contributed by atoms with Crippen LogP contribution in [0.25, 0.3) is 0 Å². The Hall–Kier alpha value is -1.11. The van der Waals surface area contributed by atoms with Crippen molar-refractivity contribution in [3.8, 4) is 0 Å². The molecule has 1 aliphatic carbocycles. The van der Waals surface area contributed by atoms with Crippen LogP contribution in [0.1, 0.15) is 40.5 Å². The van der Waals surface area contributed by atoms with Crippen LogP contribution in [-0.4, -0.2) is 44.1 Å². The molecule has 0 radical (unpaired) electrons. The Kier molecular flexibility index (Phi) is 5.78. The first-order valence-electron chi connectivity index (χ1n) is 7.32. The predicted molar refractivity (Wildman–Crippen MR) is 77.3 cm³/mol. The molecule has 0 spiro atoms. The summed E-state index contributed by atoms with van der Waals surface area (Å²) in [6.07, 6.45) is 0.263. The van der Waals surface area contributed by atoms with Crippen molar-refractivity contribution < 1.29 is 27.5 Å². The average molecular weight is 320 g/mol. The smallest absolute Gasteiger partial charge is 0.327 e. The van der Waals surface area contributed by atoms with Crippen LogP contribution < -0.4 is 0 Å². The highest BCUT2D eigenvalue weighted by atomic mass is 32.2. The van der Waals surface area contributed by atoms with Crippen LogP contribution in [0, 0.1) is 11.8 Å². The normalized spacial score (nSPS) is 29.1. The molecule has 1 saturated carbocycles. The van der Waals surface area contributed by atoms with E-state index in [1.165, 1.54) is 6.92 Å². The number of rotatable bonds is 6. The third kappa shape index (κ3) is 3.07. The zero-order valence-electron chi connectivity index (χ0n) is 13.0. The molecular weight excluding hydrogens is 296 g/mol. The molecule has 0 aromatic carbocycles. The first kappa shape index (κ1) is 17.9. The monoisotopic (exact) mass is 320 g/mol. The lowest BCUT2D eigenvalue weighted by Crippen LogP contribution is -2.50. The lowest BCUT2D eigenvalue weighted by Gasteiger charge is -2.30. The van der Waals surface area contributed by atoms with Gasteiger partial charge in [-0.2, -0.15) is 0 Å². The van der Waals surface area contributed by atoms with Crippen LogP contribution in [-0.2, 0) is 28.9 Å². The van der Waals surface area contributed by atoms with Crippen LogP contribution in [0.3, 0.4) is 0 Å². The Morgan fingerprint density at radius 1 is 1.14 bits per heavy atom. The molecule has 0 N–H and O–H groups in total. The van der Waals surface area contributed by atoms with Gasteiger partial charge in [0.15, 0.2) is 14.6 Å². The Labute approximate surface area is 126 Å². The molecule has 0 aliphatic heterocycles. The Balaban J connectivity index is 3.21. The molecule has 0 bridgehead atoms. The van der Waals surface area contributed by atoms with E-state index in [1.807, 2.05) is 0 Å². The van der Waals surface area contributed by atoms with Gasteiger partial charge in [-0.1, -0.05) is 13.8 Å². The van der Waals surface area contributed by atoms with Crippen molar-refractivity contribution in [3.05, 3.63) is 0 Å². The standard InChI is InChI=1S/C14H24O6S/c1-5-19-12(15)11-8-10(4)14(9-11,13(16)20-6-2)21(17,18)7-3/h10-11H,5-9H2,1-4H3/t10-,11-,14+/m1/s1. The summed E-state index contributed by atoms with van der Waals surface area (Å²) in [5.41, 5.74) is 0. The largest absolute Gasteiger partial charge is 0.466 e. The summed E-state index contributed by atoms with van der Waals surface area (Å²) in [5.74, 6) is -2.40. The SMILES string of the molecule is CCOC(=O)[C@@H]1C[C@@H](C)[C@@](C(=O)OCC)(S(=O)(=O)CC)C1. The number of sulfone groups is 1. The van der Waals surface area contributed by atoms with Crippen LogP contribution >= 0.6 is 0 Å². The molecule has 1 rings (SSSR count). The highest BCUT2D eigenvalue weighted by Gasteiger charge is 2.61. The molecule has 0 aromatic rings. The first-order valence-corrected chi connectivity index (χ1v) is 8.98. The van der Waals surface area contributed by atoms with E-state index in [-0.39, 0.29) is 25.4 Å². The van der Waals surface area contributed by atoms with Crippen molar-refractivity contribution in [2.75, 3.05) is 19.0 Å². The van der Waals surface area contributed by atoms with Crippen molar-refractivity contribution in [1.29, 1.82) is 0 Å². The lowest BCUT2D eigenvalue weighted by atomic mass is 9.97. The third-order valence-corrected chi connectivity index (χ3v) is 6.77. The van der Waals surface area contributed by atoms with E-state index in [9.17, 15) is 18.0 Å². The van der Waals surface area contributed by atoms with Crippen molar-refractivity contribution in [1.82, 2.24) is 0 Å². The second-order valence-electron chi connectivity index (χ2n) is 5.30. The van der Waals surface area contributed by atoms with E-state index >= 15 is 0 Å². The van der Waals surface area contributed by atoms with Gasteiger partial charge in [0.05, 0.1) is 19.1 Å². The molecule has 0 aromatic heterocycles. The predicted octanol–water partition coefficient (Wildman–Crippen LogP) is 1.33. The quantitative estimate of drug-likeness (QED) is 0.686. The summed E-state index contributed by atoms with van der Waals surface area (Å²) in [5, 5.41) is 0. The van der Waals surface area contributed by atoms with Gasteiger partial charge in [0.1, 0.15) is 0 Å². The summed E-state index contributed by atoms with van der Waals surface area (Å²) >= 11 is 0. The zero-order valence-corrected chi connectivity index (χ0v) is 13.9. The highest BCUT2D eigenvalue weighted by molar-refractivity contribution is 7.93. The van der Waals surface area contributed by atoms with E-state index in [0.29, 0.717) is 6.42 Å². The zero-order chi connectivity index (χ0) is 16.3. The van der Waals surface area contributed by atoms with Crippen LogP contribution in [0.2, 0.25) is 0 Å². The number of carbonyl (C=O) groups is 2. The van der Waals surface area contributed by atoms with Crippen LogP contribution in [0.4, 0.5) is 0 Å². The minimum absolute atomic E-state index is 0.0536. The van der Waals surface area contributed by atoms with E-state index in [2.05, 4.69) is 0 Å². The van der Waals surface area contributed by atoms with Gasteiger partial charge < -0.3 is 9.47 Å². The number of hydrogen-bond acceptors (Lipinski definition) is 6. The van der Waals surface area contributed by atoms with Gasteiger partial charge in [-0.05, 0) is 32.6 Å². The van der Waals surface area contributed by atoms with Crippen molar-refractivity contribution in [2.24, 2.45) is 11.8 Å². The Morgan fingerprint density at radius 2 is 1.71 bits per heavy atom. The molecule has 0 heterocycles. The van der Waals surface area contributed by atoms with Crippen molar-refractivity contribution in [2.45, 2.75) is 45.3 Å². The van der Waals surface area contributed by atoms with Gasteiger partial charge in [0.25, 0.3) is 0 Å². The fourth-order valence-electron chi connectivity index (χ4n) is 3.06. The number of carbonyl (C=O) groups excluding carboxylic acids is 2. The fourth-order valence-corrected chi connectivity index (χ4v) is 5.06. The summed E-state index contributed by atoms with van der Waals surface area (Å²) in [7, 11) is -3.69. The maximum Gasteiger partial charge on any atom is 0.327 e. The van der Waals surface area contributed by atoms with E-state index in [1.54, 1.807) is 20.8 Å². The van der Waals surface area contributed by atoms with Gasteiger partial charge >= 0.3 is 11.9 Å². The third-order valence-electron chi connectivity index (χ3n) is 4.16. The number of ether oxygens (including phenoxy) is 2. The van der Waals surface area contributed by atoms with Gasteiger partial charge in [0.2, 0.25) is 0 Å². The highest BCUT2D eigenvalue weighted by Crippen LogP contribution is 2.46. The lowest BCUT2D eigenvalue weighted by molar-refractivity contribution is -0.148. The summed E-state index contributed by atoms with van der Waals surface area (Å²) in [6, 6.07) is 0. The second-order valence-corrected chi connectivity index (χ2v) is 7.84. The van der Waals surface area contributed by atoms with Gasteiger partial charge in [-0.15, -0.1) is 0 Å². The molecule has 3 atom stereocenters. The molecule has 1 aliphatic rings. The molecule has 0 saturated heterocycles. The van der Waals surface area contributed by atoms with Crippen molar-refractivity contribution in [3.63, 3.8) is 0 Å². The minimum Gasteiger partial charge on any atom is -0.466 e. The maximum atomic E-state index is 12.5.